The second-order valence-corrected chi connectivity index (χ2v) is 5.57. The van der Waals surface area contributed by atoms with Crippen molar-refractivity contribution in [1.29, 1.82) is 0 Å². The van der Waals surface area contributed by atoms with Gasteiger partial charge >= 0.3 is 6.03 Å². The number of amides is 3. The number of carbonyl (C=O) groups is 2. The summed E-state index contributed by atoms with van der Waals surface area (Å²) in [5, 5.41) is 2.86. The second kappa shape index (κ2) is 8.63. The van der Waals surface area contributed by atoms with Gasteiger partial charge in [-0.15, -0.1) is 0 Å². The van der Waals surface area contributed by atoms with Crippen LogP contribution in [0.1, 0.15) is 13.8 Å². The number of hydrogen-bond donors (Lipinski definition) is 2. The molecule has 0 aliphatic carbocycles. The normalized spacial score (nSPS) is 18.5. The molecule has 1 saturated heterocycles. The van der Waals surface area contributed by atoms with Crippen LogP contribution in [-0.2, 0) is 9.53 Å². The minimum Gasteiger partial charge on any atom is -0.373 e. The molecule has 1 unspecified atom stereocenters. The van der Waals surface area contributed by atoms with Gasteiger partial charge in [0.1, 0.15) is 0 Å². The van der Waals surface area contributed by atoms with Crippen LogP contribution in [0.25, 0.3) is 0 Å². The van der Waals surface area contributed by atoms with E-state index < -0.39 is 0 Å². The molecule has 0 aromatic heterocycles. The van der Waals surface area contributed by atoms with Crippen LogP contribution >= 0.6 is 0 Å². The van der Waals surface area contributed by atoms with E-state index in [9.17, 15) is 9.59 Å². The van der Waals surface area contributed by atoms with E-state index in [4.69, 9.17) is 10.5 Å². The van der Waals surface area contributed by atoms with Gasteiger partial charge in [-0.05, 0) is 20.9 Å². The third kappa shape index (κ3) is 7.10. The highest BCUT2D eigenvalue weighted by molar-refractivity contribution is 5.76. The Morgan fingerprint density at radius 1 is 1.48 bits per heavy atom. The Labute approximate surface area is 126 Å². The van der Waals surface area contributed by atoms with Crippen molar-refractivity contribution in [1.82, 2.24) is 15.1 Å². The fraction of sp³-hybridized carbons (Fsp3) is 0.714. The number of urea groups is 1. The Bertz CT molecular complexity index is 394. The molecular weight excluding hydrogens is 272 g/mol. The molecule has 1 atom stereocenters. The zero-order chi connectivity index (χ0) is 15.8. The van der Waals surface area contributed by atoms with Gasteiger partial charge in [-0.3, -0.25) is 9.69 Å². The third-order valence-corrected chi connectivity index (χ3v) is 3.13. The van der Waals surface area contributed by atoms with Gasteiger partial charge in [-0.2, -0.15) is 0 Å². The monoisotopic (exact) mass is 298 g/mol. The van der Waals surface area contributed by atoms with Crippen LogP contribution in [0, 0.1) is 0 Å². The summed E-state index contributed by atoms with van der Waals surface area (Å²) in [7, 11) is 1.81. The number of ether oxygens (including phenoxy) is 1. The summed E-state index contributed by atoms with van der Waals surface area (Å²) >= 11 is 0. The van der Waals surface area contributed by atoms with Crippen LogP contribution in [0.5, 0.6) is 0 Å². The number of rotatable bonds is 6. The summed E-state index contributed by atoms with van der Waals surface area (Å²) in [6.07, 6.45) is 1.87. The van der Waals surface area contributed by atoms with E-state index in [1.54, 1.807) is 9.80 Å². The number of morpholine rings is 1. The molecule has 1 aliphatic heterocycles. The van der Waals surface area contributed by atoms with E-state index >= 15 is 0 Å². The molecule has 7 heteroatoms. The number of nitrogens with one attached hydrogen (secondary N) is 1. The van der Waals surface area contributed by atoms with Crippen molar-refractivity contribution in [2.75, 3.05) is 46.4 Å². The smallest absolute Gasteiger partial charge is 0.317 e. The van der Waals surface area contributed by atoms with E-state index in [1.165, 1.54) is 5.57 Å². The first-order valence-electron chi connectivity index (χ1n) is 7.13. The number of allylic oxidation sites excluding steroid dienone is 1. The SMILES string of the molecule is CC(C)=CCNC(=O)N1CCOC(CN(C)CC(N)=O)C1. The van der Waals surface area contributed by atoms with E-state index in [0.717, 1.165) is 0 Å². The molecule has 0 radical (unpaired) electrons. The van der Waals surface area contributed by atoms with E-state index in [0.29, 0.717) is 32.8 Å². The van der Waals surface area contributed by atoms with Gasteiger partial charge in [0.25, 0.3) is 0 Å². The highest BCUT2D eigenvalue weighted by atomic mass is 16.5. The molecule has 3 N–H and O–H groups in total. The lowest BCUT2D eigenvalue weighted by Crippen LogP contribution is -2.52. The lowest BCUT2D eigenvalue weighted by Gasteiger charge is -2.34. The Morgan fingerprint density at radius 3 is 2.81 bits per heavy atom. The first-order chi connectivity index (χ1) is 9.88. The van der Waals surface area contributed by atoms with Crippen LogP contribution in [0.15, 0.2) is 11.6 Å². The van der Waals surface area contributed by atoms with Crippen molar-refractivity contribution >= 4 is 11.9 Å². The maximum absolute atomic E-state index is 12.0. The summed E-state index contributed by atoms with van der Waals surface area (Å²) in [4.78, 5) is 26.4. The largest absolute Gasteiger partial charge is 0.373 e. The zero-order valence-corrected chi connectivity index (χ0v) is 13.1. The number of nitrogens with two attached hydrogens (primary N) is 1. The molecule has 0 aromatic rings. The number of hydrogen-bond acceptors (Lipinski definition) is 4. The minimum atomic E-state index is -0.371. The highest BCUT2D eigenvalue weighted by Gasteiger charge is 2.25. The summed E-state index contributed by atoms with van der Waals surface area (Å²) in [6.45, 7) is 6.88. The summed E-state index contributed by atoms with van der Waals surface area (Å²) < 4.78 is 5.63. The first-order valence-corrected chi connectivity index (χ1v) is 7.13. The second-order valence-electron chi connectivity index (χ2n) is 5.57. The van der Waals surface area contributed by atoms with Crippen LogP contribution in [-0.4, -0.2) is 74.2 Å². The van der Waals surface area contributed by atoms with Crippen LogP contribution in [0.4, 0.5) is 4.79 Å². The van der Waals surface area contributed by atoms with Crippen LogP contribution < -0.4 is 11.1 Å². The molecule has 1 heterocycles. The van der Waals surface area contributed by atoms with Gasteiger partial charge in [0, 0.05) is 26.2 Å². The Hall–Kier alpha value is -1.60. The average molecular weight is 298 g/mol. The van der Waals surface area contributed by atoms with Crippen LogP contribution in [0.2, 0.25) is 0 Å². The molecule has 0 saturated carbocycles. The molecule has 21 heavy (non-hydrogen) atoms. The predicted molar refractivity (Wildman–Crippen MR) is 80.8 cm³/mol. The number of likely N-dealkylation sites (N-methyl/N-ethyl adjacent to an activating group) is 1. The van der Waals surface area contributed by atoms with E-state index in [2.05, 4.69) is 5.32 Å². The van der Waals surface area contributed by atoms with Gasteiger partial charge in [-0.1, -0.05) is 11.6 Å². The molecule has 1 aliphatic rings. The number of carbonyl (C=O) groups excluding carboxylic acids is 2. The van der Waals surface area contributed by atoms with Crippen molar-refractivity contribution < 1.29 is 14.3 Å². The van der Waals surface area contributed by atoms with E-state index in [-0.39, 0.29) is 24.6 Å². The first kappa shape index (κ1) is 17.5. The maximum atomic E-state index is 12.0. The fourth-order valence-electron chi connectivity index (χ4n) is 2.15. The molecule has 3 amide bonds. The van der Waals surface area contributed by atoms with Crippen LogP contribution in [0.3, 0.4) is 0 Å². The summed E-state index contributed by atoms with van der Waals surface area (Å²) in [6, 6.07) is -0.0849. The summed E-state index contributed by atoms with van der Waals surface area (Å²) in [5.74, 6) is -0.371. The number of nitrogens with zero attached hydrogens (tertiary/aromatic N) is 2. The van der Waals surface area contributed by atoms with Gasteiger partial charge in [0.2, 0.25) is 5.91 Å². The zero-order valence-electron chi connectivity index (χ0n) is 13.1. The third-order valence-electron chi connectivity index (χ3n) is 3.13. The predicted octanol–water partition coefficient (Wildman–Crippen LogP) is -0.220. The standard InChI is InChI=1S/C14H26N4O3/c1-11(2)4-5-16-14(20)18-6-7-21-12(9-18)8-17(3)10-13(15)19/h4,12H,5-10H2,1-3H3,(H2,15,19)(H,16,20). The molecular formula is C14H26N4O3. The Morgan fingerprint density at radius 2 is 2.19 bits per heavy atom. The van der Waals surface area contributed by atoms with Crippen molar-refractivity contribution in [3.8, 4) is 0 Å². The lowest BCUT2D eigenvalue weighted by atomic mass is 10.2. The molecule has 1 fully saturated rings. The molecule has 0 spiro atoms. The van der Waals surface area contributed by atoms with Crippen molar-refractivity contribution in [3.05, 3.63) is 11.6 Å². The van der Waals surface area contributed by atoms with Gasteiger partial charge in [0.05, 0.1) is 19.3 Å². The molecule has 7 nitrogen and oxygen atoms in total. The van der Waals surface area contributed by atoms with Crippen molar-refractivity contribution in [3.63, 3.8) is 0 Å². The van der Waals surface area contributed by atoms with Gasteiger partial charge in [0.15, 0.2) is 0 Å². The quantitative estimate of drug-likeness (QED) is 0.664. The molecule has 1 rings (SSSR count). The molecule has 120 valence electrons. The average Bonchev–Trinajstić information content (AvgIpc) is 2.37. The van der Waals surface area contributed by atoms with Gasteiger partial charge < -0.3 is 20.7 Å². The summed E-state index contributed by atoms with van der Waals surface area (Å²) in [5.41, 5.74) is 6.32. The molecule has 0 aromatic carbocycles. The van der Waals surface area contributed by atoms with E-state index in [1.807, 2.05) is 27.0 Å². The maximum Gasteiger partial charge on any atom is 0.317 e. The lowest BCUT2D eigenvalue weighted by molar-refractivity contribution is -0.119. The molecule has 0 bridgehead atoms. The number of primary amides is 1. The Balaban J connectivity index is 2.39. The van der Waals surface area contributed by atoms with Gasteiger partial charge in [-0.25, -0.2) is 4.79 Å². The Kier molecular flexibility index (Phi) is 7.18. The van der Waals surface area contributed by atoms with Crippen molar-refractivity contribution in [2.45, 2.75) is 20.0 Å². The topological polar surface area (TPSA) is 87.9 Å². The highest BCUT2D eigenvalue weighted by Crippen LogP contribution is 2.06. The fourth-order valence-corrected chi connectivity index (χ4v) is 2.15. The minimum absolute atomic E-state index is 0.0849. The van der Waals surface area contributed by atoms with Crippen molar-refractivity contribution in [2.24, 2.45) is 5.73 Å².